The summed E-state index contributed by atoms with van der Waals surface area (Å²) in [6.07, 6.45) is 0.839. The van der Waals surface area contributed by atoms with E-state index in [4.69, 9.17) is 34.8 Å². The Morgan fingerprint density at radius 2 is 1.42 bits per heavy atom. The molecule has 4 aromatic rings. The first kappa shape index (κ1) is 34.3. The van der Waals surface area contributed by atoms with Crippen LogP contribution in [0.1, 0.15) is 31.4 Å². The maximum Gasteiger partial charge on any atom is 0.264 e. The lowest BCUT2D eigenvalue weighted by atomic mass is 10.0. The van der Waals surface area contributed by atoms with Crippen LogP contribution in [0, 0.1) is 0 Å². The Hall–Kier alpha value is -3.56. The Bertz CT molecular complexity index is 1700. The van der Waals surface area contributed by atoms with Crippen LogP contribution in [0.25, 0.3) is 0 Å². The molecule has 7 nitrogen and oxygen atoms in total. The Kier molecular flexibility index (Phi) is 11.9. The smallest absolute Gasteiger partial charge is 0.264 e. The summed E-state index contributed by atoms with van der Waals surface area (Å²) in [4.78, 5) is 29.8. The molecule has 0 aliphatic heterocycles. The number of amides is 2. The van der Waals surface area contributed by atoms with Crippen LogP contribution in [0.2, 0.25) is 15.1 Å². The minimum Gasteiger partial charge on any atom is -0.352 e. The molecule has 0 saturated heterocycles. The summed E-state index contributed by atoms with van der Waals surface area (Å²) in [7, 11) is -4.24. The Morgan fingerprint density at radius 1 is 0.822 bits per heavy atom. The largest absolute Gasteiger partial charge is 0.352 e. The normalized spacial score (nSPS) is 12.6. The van der Waals surface area contributed by atoms with E-state index in [0.717, 1.165) is 9.87 Å². The molecule has 0 saturated carbocycles. The van der Waals surface area contributed by atoms with Gasteiger partial charge in [-0.3, -0.25) is 13.9 Å². The zero-order valence-corrected chi connectivity index (χ0v) is 28.0. The lowest BCUT2D eigenvalue weighted by Gasteiger charge is -2.34. The molecule has 0 aliphatic rings. The maximum atomic E-state index is 14.5. The maximum absolute atomic E-state index is 14.5. The van der Waals surface area contributed by atoms with Crippen LogP contribution in [0.3, 0.4) is 0 Å². The number of carbonyl (C=O) groups is 2. The average molecular weight is 687 g/mol. The van der Waals surface area contributed by atoms with Crippen molar-refractivity contribution in [3.05, 3.63) is 129 Å². The number of rotatable bonds is 13. The van der Waals surface area contributed by atoms with Crippen molar-refractivity contribution >= 4 is 62.3 Å². The van der Waals surface area contributed by atoms with Gasteiger partial charge in [-0.2, -0.15) is 0 Å². The summed E-state index contributed by atoms with van der Waals surface area (Å²) < 4.78 is 29.1. The molecule has 236 valence electrons. The van der Waals surface area contributed by atoms with Crippen LogP contribution in [0.4, 0.5) is 5.69 Å². The summed E-state index contributed by atoms with van der Waals surface area (Å²) in [6.45, 7) is 3.06. The molecule has 0 aromatic heterocycles. The summed E-state index contributed by atoms with van der Waals surface area (Å²) >= 11 is 19.4. The van der Waals surface area contributed by atoms with Gasteiger partial charge in [0.2, 0.25) is 11.8 Å². The van der Waals surface area contributed by atoms with E-state index in [-0.39, 0.29) is 35.5 Å². The number of anilines is 1. The van der Waals surface area contributed by atoms with Gasteiger partial charge in [0.1, 0.15) is 12.6 Å². The second-order valence-corrected chi connectivity index (χ2v) is 13.7. The van der Waals surface area contributed by atoms with E-state index in [1.54, 1.807) is 54.6 Å². The molecule has 45 heavy (non-hydrogen) atoms. The highest BCUT2D eigenvalue weighted by molar-refractivity contribution is 7.92. The SMILES string of the molecule is CC[C@@H](C)NC(=O)[C@@H](Cc1ccccc1)N(Cc1c(Cl)cccc1Cl)C(=O)CN(c1cccc(Cl)c1)S(=O)(=O)c1ccccc1. The zero-order chi connectivity index (χ0) is 32.6. The van der Waals surface area contributed by atoms with Gasteiger partial charge in [0.15, 0.2) is 0 Å². The third-order valence-electron chi connectivity index (χ3n) is 7.37. The van der Waals surface area contributed by atoms with Gasteiger partial charge in [-0.05, 0) is 61.4 Å². The third kappa shape index (κ3) is 8.79. The molecule has 0 spiro atoms. The van der Waals surface area contributed by atoms with Crippen molar-refractivity contribution in [3.8, 4) is 0 Å². The lowest BCUT2D eigenvalue weighted by Crippen LogP contribution is -2.54. The van der Waals surface area contributed by atoms with E-state index >= 15 is 0 Å². The van der Waals surface area contributed by atoms with Crippen LogP contribution >= 0.6 is 34.8 Å². The zero-order valence-electron chi connectivity index (χ0n) is 24.9. The van der Waals surface area contributed by atoms with Crippen LogP contribution in [-0.2, 0) is 32.6 Å². The van der Waals surface area contributed by atoms with Crippen molar-refractivity contribution in [2.75, 3.05) is 10.8 Å². The molecule has 2 amide bonds. The van der Waals surface area contributed by atoms with E-state index in [2.05, 4.69) is 5.32 Å². The third-order valence-corrected chi connectivity index (χ3v) is 10.1. The Labute approximate surface area is 279 Å². The summed E-state index contributed by atoms with van der Waals surface area (Å²) in [5.74, 6) is -1.02. The van der Waals surface area contributed by atoms with Crippen LogP contribution < -0.4 is 9.62 Å². The van der Waals surface area contributed by atoms with Gasteiger partial charge < -0.3 is 10.2 Å². The number of benzene rings is 4. The van der Waals surface area contributed by atoms with E-state index in [9.17, 15) is 18.0 Å². The van der Waals surface area contributed by atoms with E-state index < -0.39 is 28.5 Å². The number of carbonyl (C=O) groups excluding carboxylic acids is 2. The lowest BCUT2D eigenvalue weighted by molar-refractivity contribution is -0.140. The molecule has 0 unspecified atom stereocenters. The van der Waals surface area contributed by atoms with Crippen molar-refractivity contribution < 1.29 is 18.0 Å². The van der Waals surface area contributed by atoms with Gasteiger partial charge in [-0.25, -0.2) is 8.42 Å². The van der Waals surface area contributed by atoms with E-state index in [1.165, 1.54) is 23.1 Å². The van der Waals surface area contributed by atoms with Crippen LogP contribution in [0.15, 0.2) is 108 Å². The summed E-state index contributed by atoms with van der Waals surface area (Å²) in [5, 5.41) is 3.91. The Morgan fingerprint density at radius 3 is 2.02 bits per heavy atom. The number of sulfonamides is 1. The van der Waals surface area contributed by atoms with E-state index in [0.29, 0.717) is 27.1 Å². The second-order valence-electron chi connectivity index (χ2n) is 10.5. The van der Waals surface area contributed by atoms with Gasteiger partial charge in [0.05, 0.1) is 10.6 Å². The monoisotopic (exact) mass is 685 g/mol. The molecule has 1 N–H and O–H groups in total. The molecular formula is C34H34Cl3N3O4S. The van der Waals surface area contributed by atoms with E-state index in [1.807, 2.05) is 44.2 Å². The molecule has 11 heteroatoms. The summed E-state index contributed by atoms with van der Waals surface area (Å²) in [5.41, 5.74) is 1.44. The first-order valence-corrected chi connectivity index (χ1v) is 17.0. The second kappa shape index (κ2) is 15.6. The van der Waals surface area contributed by atoms with Crippen molar-refractivity contribution in [1.82, 2.24) is 10.2 Å². The molecule has 0 bridgehead atoms. The van der Waals surface area contributed by atoms with Crippen molar-refractivity contribution in [1.29, 1.82) is 0 Å². The minimum absolute atomic E-state index is 0.00572. The first-order valence-electron chi connectivity index (χ1n) is 14.4. The standard InChI is InChI=1S/C34H34Cl3N3O4S/c1-3-24(2)38-34(42)32(20-25-12-6-4-7-13-25)39(22-29-30(36)18-11-19-31(29)37)33(41)23-40(27-15-10-14-26(35)21-27)45(43,44)28-16-8-5-9-17-28/h4-19,21,24,32H,3,20,22-23H2,1-2H3,(H,38,42)/t24-,32-/m1/s1. The number of nitrogens with zero attached hydrogens (tertiary/aromatic N) is 2. The molecule has 0 radical (unpaired) electrons. The minimum atomic E-state index is -4.24. The molecule has 0 heterocycles. The summed E-state index contributed by atoms with van der Waals surface area (Å²) in [6, 6.07) is 27.2. The average Bonchev–Trinajstić information content (AvgIpc) is 3.03. The Balaban J connectivity index is 1.84. The van der Waals surface area contributed by atoms with Crippen molar-refractivity contribution in [3.63, 3.8) is 0 Å². The molecular weight excluding hydrogens is 653 g/mol. The first-order chi connectivity index (χ1) is 21.5. The number of hydrogen-bond donors (Lipinski definition) is 1. The molecule has 4 aromatic carbocycles. The van der Waals surface area contributed by atoms with Crippen molar-refractivity contribution in [2.45, 2.75) is 50.2 Å². The van der Waals surface area contributed by atoms with Gasteiger partial charge in [0.25, 0.3) is 10.0 Å². The molecule has 0 fully saturated rings. The fourth-order valence-corrected chi connectivity index (χ4v) is 6.86. The number of nitrogens with one attached hydrogen (secondary N) is 1. The van der Waals surface area contributed by atoms with Gasteiger partial charge in [0, 0.05) is 39.6 Å². The quantitative estimate of drug-likeness (QED) is 0.159. The van der Waals surface area contributed by atoms with Crippen molar-refractivity contribution in [2.24, 2.45) is 0 Å². The van der Waals surface area contributed by atoms with Gasteiger partial charge in [-0.15, -0.1) is 0 Å². The number of hydrogen-bond acceptors (Lipinski definition) is 4. The van der Waals surface area contributed by atoms with Gasteiger partial charge >= 0.3 is 0 Å². The predicted molar refractivity (Wildman–Crippen MR) is 181 cm³/mol. The highest BCUT2D eigenvalue weighted by Crippen LogP contribution is 2.30. The molecule has 4 rings (SSSR count). The fraction of sp³-hybridized carbons (Fsp3) is 0.235. The molecule has 2 atom stereocenters. The fourth-order valence-electron chi connectivity index (χ4n) is 4.73. The topological polar surface area (TPSA) is 86.8 Å². The highest BCUT2D eigenvalue weighted by atomic mass is 35.5. The predicted octanol–water partition coefficient (Wildman–Crippen LogP) is 7.40. The van der Waals surface area contributed by atoms with Crippen LogP contribution in [-0.4, -0.2) is 43.8 Å². The highest BCUT2D eigenvalue weighted by Gasteiger charge is 2.35. The van der Waals surface area contributed by atoms with Gasteiger partial charge in [-0.1, -0.05) is 102 Å². The molecule has 0 aliphatic carbocycles. The van der Waals surface area contributed by atoms with Crippen LogP contribution in [0.5, 0.6) is 0 Å². The number of halogens is 3.